The van der Waals surface area contributed by atoms with Gasteiger partial charge in [-0.25, -0.2) is 0 Å². The average molecular weight is 477 g/mol. The van der Waals surface area contributed by atoms with Gasteiger partial charge in [-0.2, -0.15) is 13.2 Å². The minimum absolute atomic E-state index is 0.00632. The Morgan fingerprint density at radius 3 is 2.41 bits per heavy atom. The number of halogens is 4. The van der Waals surface area contributed by atoms with Crippen molar-refractivity contribution in [1.82, 2.24) is 15.5 Å². The van der Waals surface area contributed by atoms with Gasteiger partial charge in [0, 0.05) is 25.7 Å². The van der Waals surface area contributed by atoms with E-state index in [2.05, 4.69) is 20.9 Å². The minimum Gasteiger partial charge on any atom is -0.372 e. The van der Waals surface area contributed by atoms with Gasteiger partial charge >= 0.3 is 6.18 Å². The third kappa shape index (κ3) is 7.85. The van der Waals surface area contributed by atoms with Crippen molar-refractivity contribution in [3.8, 4) is 0 Å². The van der Waals surface area contributed by atoms with Gasteiger partial charge in [0.2, 0.25) is 11.8 Å². The van der Waals surface area contributed by atoms with E-state index in [4.69, 9.17) is 11.6 Å². The monoisotopic (exact) mass is 476 g/mol. The molecule has 0 bridgehead atoms. The van der Waals surface area contributed by atoms with E-state index in [0.717, 1.165) is 31.4 Å². The molecule has 0 radical (unpaired) electrons. The lowest BCUT2D eigenvalue weighted by Gasteiger charge is -2.33. The van der Waals surface area contributed by atoms with Crippen molar-refractivity contribution < 1.29 is 22.8 Å². The fourth-order valence-corrected chi connectivity index (χ4v) is 3.80. The largest absolute Gasteiger partial charge is 0.416 e. The van der Waals surface area contributed by atoms with Gasteiger partial charge in [-0.1, -0.05) is 32.4 Å². The smallest absolute Gasteiger partial charge is 0.372 e. The average Bonchev–Trinajstić information content (AvgIpc) is 2.71. The summed E-state index contributed by atoms with van der Waals surface area (Å²) in [6.07, 6.45) is -2.15. The van der Waals surface area contributed by atoms with Gasteiger partial charge in [-0.15, -0.1) is 0 Å². The summed E-state index contributed by atoms with van der Waals surface area (Å²) in [7, 11) is 0. The van der Waals surface area contributed by atoms with E-state index >= 15 is 0 Å². The van der Waals surface area contributed by atoms with E-state index < -0.39 is 17.8 Å². The SMILES string of the molecule is CCCNC(=O)CN1CCC(NC(=O)[C@@H](Nc2ccc(C(F)(F)F)cc2Cl)C(C)C)CC1. The number of nitrogens with one attached hydrogen (secondary N) is 3. The molecule has 32 heavy (non-hydrogen) atoms. The second-order valence-corrected chi connectivity index (χ2v) is 8.87. The first kappa shape index (κ1) is 26.3. The highest BCUT2D eigenvalue weighted by atomic mass is 35.5. The summed E-state index contributed by atoms with van der Waals surface area (Å²) in [5.74, 6) is -0.336. The standard InChI is InChI=1S/C22H32ClF3N4O2/c1-4-9-27-19(31)13-30-10-7-16(8-11-30)28-21(32)20(14(2)3)29-18-6-5-15(12-17(18)23)22(24,25)26/h5-6,12,14,16,20,29H,4,7-11,13H2,1-3H3,(H,27,31)(H,28,32)/t20-/m0/s1. The Hall–Kier alpha value is -2.00. The topological polar surface area (TPSA) is 73.5 Å². The highest BCUT2D eigenvalue weighted by Gasteiger charge is 2.32. The number of nitrogens with zero attached hydrogens (tertiary/aromatic N) is 1. The van der Waals surface area contributed by atoms with Crippen LogP contribution in [-0.2, 0) is 15.8 Å². The minimum atomic E-state index is -4.48. The molecule has 1 aliphatic rings. The van der Waals surface area contributed by atoms with Crippen LogP contribution in [0.1, 0.15) is 45.6 Å². The Morgan fingerprint density at radius 1 is 1.22 bits per heavy atom. The lowest BCUT2D eigenvalue weighted by atomic mass is 10.00. The molecule has 1 heterocycles. The van der Waals surface area contributed by atoms with Crippen LogP contribution in [0.5, 0.6) is 0 Å². The molecule has 3 N–H and O–H groups in total. The molecule has 0 aromatic heterocycles. The summed E-state index contributed by atoms with van der Waals surface area (Å²) in [6.45, 7) is 8.13. The van der Waals surface area contributed by atoms with Crippen molar-refractivity contribution in [3.05, 3.63) is 28.8 Å². The molecule has 0 saturated carbocycles. The highest BCUT2D eigenvalue weighted by Crippen LogP contribution is 2.34. The summed E-state index contributed by atoms with van der Waals surface area (Å²) < 4.78 is 38.6. The second kappa shape index (κ2) is 11.7. The zero-order chi connectivity index (χ0) is 23.9. The quantitative estimate of drug-likeness (QED) is 0.505. The van der Waals surface area contributed by atoms with Gasteiger partial charge in [-0.05, 0) is 43.4 Å². The van der Waals surface area contributed by atoms with Crippen LogP contribution in [0.25, 0.3) is 0 Å². The van der Waals surface area contributed by atoms with Crippen LogP contribution < -0.4 is 16.0 Å². The van der Waals surface area contributed by atoms with Gasteiger partial charge in [0.25, 0.3) is 0 Å². The van der Waals surface area contributed by atoms with E-state index in [-0.39, 0.29) is 34.5 Å². The maximum absolute atomic E-state index is 12.9. The number of rotatable bonds is 9. The third-order valence-electron chi connectivity index (χ3n) is 5.43. The van der Waals surface area contributed by atoms with Crippen LogP contribution in [0.4, 0.5) is 18.9 Å². The number of anilines is 1. The van der Waals surface area contributed by atoms with Crippen molar-refractivity contribution in [1.29, 1.82) is 0 Å². The van der Waals surface area contributed by atoms with Crippen LogP contribution >= 0.6 is 11.6 Å². The lowest BCUT2D eigenvalue weighted by Crippen LogP contribution is -2.51. The molecule has 2 rings (SSSR count). The summed E-state index contributed by atoms with van der Waals surface area (Å²) in [5.41, 5.74) is -0.560. The van der Waals surface area contributed by atoms with E-state index in [1.54, 1.807) is 0 Å². The maximum atomic E-state index is 12.9. The predicted octanol–water partition coefficient (Wildman–Crippen LogP) is 3.90. The molecule has 1 aliphatic heterocycles. The molecule has 0 unspecified atom stereocenters. The van der Waals surface area contributed by atoms with Crippen LogP contribution in [0.15, 0.2) is 18.2 Å². The molecular weight excluding hydrogens is 445 g/mol. The number of carbonyl (C=O) groups excluding carboxylic acids is 2. The van der Waals surface area contributed by atoms with Crippen molar-refractivity contribution in [2.45, 2.75) is 58.3 Å². The number of piperidine rings is 1. The third-order valence-corrected chi connectivity index (χ3v) is 5.74. The van der Waals surface area contributed by atoms with Crippen LogP contribution in [-0.4, -0.2) is 55.0 Å². The fourth-order valence-electron chi connectivity index (χ4n) is 3.56. The summed E-state index contributed by atoms with van der Waals surface area (Å²) in [5, 5.41) is 8.79. The predicted molar refractivity (Wildman–Crippen MR) is 120 cm³/mol. The van der Waals surface area contributed by atoms with Crippen LogP contribution in [0.3, 0.4) is 0 Å². The Morgan fingerprint density at radius 2 is 1.88 bits per heavy atom. The number of amides is 2. The number of hydrogen-bond acceptors (Lipinski definition) is 4. The Kier molecular flexibility index (Phi) is 9.64. The van der Waals surface area contributed by atoms with Crippen LogP contribution in [0, 0.1) is 5.92 Å². The van der Waals surface area contributed by atoms with Gasteiger partial charge in [0.05, 0.1) is 22.8 Å². The number of likely N-dealkylation sites (tertiary alicyclic amines) is 1. The molecule has 1 saturated heterocycles. The molecule has 1 aromatic carbocycles. The summed E-state index contributed by atoms with van der Waals surface area (Å²) in [6, 6.07) is 2.36. The zero-order valence-corrected chi connectivity index (χ0v) is 19.4. The summed E-state index contributed by atoms with van der Waals surface area (Å²) in [4.78, 5) is 26.8. The molecule has 1 fully saturated rings. The molecule has 1 atom stereocenters. The Labute approximate surface area is 192 Å². The normalized spacial score (nSPS) is 16.6. The van der Waals surface area contributed by atoms with Crippen LogP contribution in [0.2, 0.25) is 5.02 Å². The fraction of sp³-hybridized carbons (Fsp3) is 0.636. The number of benzene rings is 1. The number of alkyl halides is 3. The number of carbonyl (C=O) groups is 2. The van der Waals surface area contributed by atoms with E-state index in [1.807, 2.05) is 20.8 Å². The zero-order valence-electron chi connectivity index (χ0n) is 18.7. The molecule has 2 amide bonds. The van der Waals surface area contributed by atoms with E-state index in [9.17, 15) is 22.8 Å². The van der Waals surface area contributed by atoms with Gasteiger partial charge in [0.15, 0.2) is 0 Å². The summed E-state index contributed by atoms with van der Waals surface area (Å²) >= 11 is 6.04. The molecule has 0 spiro atoms. The Balaban J connectivity index is 1.91. The van der Waals surface area contributed by atoms with Gasteiger partial charge in [-0.3, -0.25) is 14.5 Å². The molecule has 10 heteroatoms. The highest BCUT2D eigenvalue weighted by molar-refractivity contribution is 6.33. The van der Waals surface area contributed by atoms with Gasteiger partial charge in [0.1, 0.15) is 6.04 Å². The molecule has 1 aromatic rings. The molecular formula is C22H32ClF3N4O2. The first-order valence-electron chi connectivity index (χ1n) is 10.9. The molecule has 6 nitrogen and oxygen atoms in total. The van der Waals surface area contributed by atoms with Crippen molar-refractivity contribution in [3.63, 3.8) is 0 Å². The van der Waals surface area contributed by atoms with E-state index in [1.165, 1.54) is 6.07 Å². The Bertz CT molecular complexity index is 781. The molecule has 0 aliphatic carbocycles. The number of hydrogen-bond donors (Lipinski definition) is 3. The maximum Gasteiger partial charge on any atom is 0.416 e. The first-order chi connectivity index (χ1) is 15.0. The van der Waals surface area contributed by atoms with Crippen molar-refractivity contribution in [2.24, 2.45) is 5.92 Å². The van der Waals surface area contributed by atoms with Crippen molar-refractivity contribution in [2.75, 3.05) is 31.5 Å². The van der Waals surface area contributed by atoms with E-state index in [0.29, 0.717) is 26.2 Å². The molecule has 180 valence electrons. The van der Waals surface area contributed by atoms with Crippen molar-refractivity contribution >= 4 is 29.1 Å². The lowest BCUT2D eigenvalue weighted by molar-refractivity contribution is -0.137. The van der Waals surface area contributed by atoms with Gasteiger partial charge < -0.3 is 16.0 Å². The second-order valence-electron chi connectivity index (χ2n) is 8.47. The first-order valence-corrected chi connectivity index (χ1v) is 11.3.